The fourth-order valence-corrected chi connectivity index (χ4v) is 2.75. The lowest BCUT2D eigenvalue weighted by Crippen LogP contribution is -2.47. The number of aromatic nitrogens is 2. The Hall–Kier alpha value is -2.18. The Balaban J connectivity index is 1.76. The van der Waals surface area contributed by atoms with E-state index in [-0.39, 0.29) is 5.91 Å². The number of rotatable bonds is 3. The highest BCUT2D eigenvalue weighted by Gasteiger charge is 2.21. The van der Waals surface area contributed by atoms with Crippen molar-refractivity contribution in [2.75, 3.05) is 38.5 Å². The van der Waals surface area contributed by atoms with Crippen LogP contribution in [0.1, 0.15) is 16.1 Å². The molecule has 24 heavy (non-hydrogen) atoms. The Morgan fingerprint density at radius 1 is 1.17 bits per heavy atom. The van der Waals surface area contributed by atoms with E-state index in [0.717, 1.165) is 37.4 Å². The third kappa shape index (κ3) is 3.83. The number of nitrogens with zero attached hydrogens (tertiary/aromatic N) is 4. The van der Waals surface area contributed by atoms with E-state index in [0.29, 0.717) is 16.5 Å². The number of hydrogen-bond acceptors (Lipinski definition) is 5. The lowest BCUT2D eigenvalue weighted by Gasteiger charge is -2.32. The van der Waals surface area contributed by atoms with Crippen molar-refractivity contribution in [2.24, 2.45) is 0 Å². The first-order valence-electron chi connectivity index (χ1n) is 7.86. The van der Waals surface area contributed by atoms with Gasteiger partial charge in [-0.25, -0.2) is 9.97 Å². The van der Waals surface area contributed by atoms with Crippen molar-refractivity contribution < 1.29 is 4.79 Å². The van der Waals surface area contributed by atoms with Crippen LogP contribution < -0.4 is 5.32 Å². The average molecular weight is 346 g/mol. The summed E-state index contributed by atoms with van der Waals surface area (Å²) >= 11 is 6.04. The Labute approximate surface area is 146 Å². The molecule has 7 heteroatoms. The van der Waals surface area contributed by atoms with Crippen LogP contribution in [0.4, 0.5) is 11.5 Å². The maximum Gasteiger partial charge on any atom is 0.272 e. The molecule has 1 fully saturated rings. The van der Waals surface area contributed by atoms with E-state index < -0.39 is 0 Å². The van der Waals surface area contributed by atoms with Gasteiger partial charge >= 0.3 is 0 Å². The molecule has 2 aromatic rings. The lowest BCUT2D eigenvalue weighted by molar-refractivity contribution is 0.0658. The van der Waals surface area contributed by atoms with Crippen LogP contribution in [0.3, 0.4) is 0 Å². The second-order valence-electron chi connectivity index (χ2n) is 5.97. The van der Waals surface area contributed by atoms with E-state index in [1.165, 1.54) is 6.33 Å². The molecule has 1 amide bonds. The summed E-state index contributed by atoms with van der Waals surface area (Å²) < 4.78 is 0. The van der Waals surface area contributed by atoms with Crippen molar-refractivity contribution in [3.63, 3.8) is 0 Å². The highest BCUT2D eigenvalue weighted by Crippen LogP contribution is 2.23. The number of benzene rings is 1. The van der Waals surface area contributed by atoms with Gasteiger partial charge in [0, 0.05) is 43.0 Å². The molecular weight excluding hydrogens is 326 g/mol. The Kier molecular flexibility index (Phi) is 4.97. The largest absolute Gasteiger partial charge is 0.340 e. The van der Waals surface area contributed by atoms with Gasteiger partial charge in [0.05, 0.1) is 0 Å². The van der Waals surface area contributed by atoms with Crippen LogP contribution in [0.25, 0.3) is 0 Å². The number of likely N-dealkylation sites (N-methyl/N-ethyl adjacent to an activating group) is 1. The second kappa shape index (κ2) is 7.15. The van der Waals surface area contributed by atoms with Crippen LogP contribution in [-0.4, -0.2) is 58.9 Å². The van der Waals surface area contributed by atoms with Gasteiger partial charge in [0.15, 0.2) is 0 Å². The molecule has 2 heterocycles. The van der Waals surface area contributed by atoms with Gasteiger partial charge in [0.25, 0.3) is 5.91 Å². The van der Waals surface area contributed by atoms with Gasteiger partial charge in [0.1, 0.15) is 17.8 Å². The van der Waals surface area contributed by atoms with Crippen LogP contribution in [0.2, 0.25) is 5.02 Å². The van der Waals surface area contributed by atoms with Crippen molar-refractivity contribution >= 4 is 29.0 Å². The molecule has 1 saturated heterocycles. The zero-order valence-corrected chi connectivity index (χ0v) is 14.5. The zero-order chi connectivity index (χ0) is 17.1. The first-order chi connectivity index (χ1) is 11.5. The maximum absolute atomic E-state index is 12.6. The third-order valence-electron chi connectivity index (χ3n) is 4.14. The molecule has 1 aromatic heterocycles. The number of aryl methyl sites for hydroxylation is 1. The number of carbonyl (C=O) groups excluding carboxylic acids is 1. The van der Waals surface area contributed by atoms with Crippen LogP contribution in [0.5, 0.6) is 0 Å². The van der Waals surface area contributed by atoms with E-state index in [1.54, 1.807) is 6.07 Å². The lowest BCUT2D eigenvalue weighted by atomic mass is 10.2. The van der Waals surface area contributed by atoms with Gasteiger partial charge in [-0.2, -0.15) is 0 Å². The Morgan fingerprint density at radius 3 is 2.67 bits per heavy atom. The van der Waals surface area contributed by atoms with Gasteiger partial charge in [-0.15, -0.1) is 0 Å². The van der Waals surface area contributed by atoms with Crippen molar-refractivity contribution in [2.45, 2.75) is 6.92 Å². The number of nitrogens with one attached hydrogen (secondary N) is 1. The smallest absolute Gasteiger partial charge is 0.272 e. The Morgan fingerprint density at radius 2 is 1.92 bits per heavy atom. The minimum atomic E-state index is -0.0589. The molecule has 1 aliphatic rings. The fraction of sp³-hybridized carbons (Fsp3) is 0.353. The molecule has 1 aliphatic heterocycles. The number of carbonyl (C=O) groups is 1. The van der Waals surface area contributed by atoms with Gasteiger partial charge < -0.3 is 15.1 Å². The summed E-state index contributed by atoms with van der Waals surface area (Å²) in [4.78, 5) is 25.0. The predicted molar refractivity (Wildman–Crippen MR) is 94.9 cm³/mol. The zero-order valence-electron chi connectivity index (χ0n) is 13.8. The molecule has 0 radical (unpaired) electrons. The quantitative estimate of drug-likeness (QED) is 0.926. The van der Waals surface area contributed by atoms with Crippen LogP contribution in [0, 0.1) is 6.92 Å². The summed E-state index contributed by atoms with van der Waals surface area (Å²) in [5.41, 5.74) is 2.31. The first-order valence-corrected chi connectivity index (χ1v) is 8.24. The van der Waals surface area contributed by atoms with E-state index in [1.807, 2.05) is 30.0 Å². The summed E-state index contributed by atoms with van der Waals surface area (Å²) in [7, 11) is 2.06. The van der Waals surface area contributed by atoms with Crippen LogP contribution in [-0.2, 0) is 0 Å². The van der Waals surface area contributed by atoms with Crippen molar-refractivity contribution in [3.8, 4) is 0 Å². The van der Waals surface area contributed by atoms with Gasteiger partial charge in [-0.1, -0.05) is 17.7 Å². The van der Waals surface area contributed by atoms with Gasteiger partial charge in [-0.3, -0.25) is 4.79 Å². The molecule has 0 spiro atoms. The topological polar surface area (TPSA) is 61.4 Å². The van der Waals surface area contributed by atoms with E-state index >= 15 is 0 Å². The molecule has 126 valence electrons. The predicted octanol–water partition coefficient (Wildman–Crippen LogP) is 2.57. The number of amides is 1. The normalized spacial score (nSPS) is 15.4. The molecule has 0 unspecified atom stereocenters. The molecule has 1 aromatic carbocycles. The SMILES string of the molecule is Cc1ccc(Cl)cc1Nc1cc(C(=O)N2CCN(C)CC2)ncn1. The number of hydrogen-bond donors (Lipinski definition) is 1. The van der Waals surface area contributed by atoms with Gasteiger partial charge in [-0.05, 0) is 31.7 Å². The highest BCUT2D eigenvalue weighted by molar-refractivity contribution is 6.30. The van der Waals surface area contributed by atoms with E-state index in [2.05, 4.69) is 27.2 Å². The van der Waals surface area contributed by atoms with E-state index in [4.69, 9.17) is 11.6 Å². The fourth-order valence-electron chi connectivity index (χ4n) is 2.58. The molecule has 0 bridgehead atoms. The molecule has 0 atom stereocenters. The Bertz CT molecular complexity index is 744. The second-order valence-corrected chi connectivity index (χ2v) is 6.40. The maximum atomic E-state index is 12.6. The van der Waals surface area contributed by atoms with E-state index in [9.17, 15) is 4.79 Å². The summed E-state index contributed by atoms with van der Waals surface area (Å²) in [6, 6.07) is 7.29. The van der Waals surface area contributed by atoms with Crippen molar-refractivity contribution in [1.82, 2.24) is 19.8 Å². The minimum absolute atomic E-state index is 0.0589. The molecule has 3 rings (SSSR count). The average Bonchev–Trinajstić information content (AvgIpc) is 2.58. The molecule has 6 nitrogen and oxygen atoms in total. The minimum Gasteiger partial charge on any atom is -0.340 e. The van der Waals surface area contributed by atoms with Crippen molar-refractivity contribution in [3.05, 3.63) is 46.9 Å². The number of anilines is 2. The summed E-state index contributed by atoms with van der Waals surface area (Å²) in [5, 5.41) is 3.85. The highest BCUT2D eigenvalue weighted by atomic mass is 35.5. The monoisotopic (exact) mass is 345 g/mol. The third-order valence-corrected chi connectivity index (χ3v) is 4.37. The molecular formula is C17H20ClN5O. The first kappa shape index (κ1) is 16.7. The summed E-state index contributed by atoms with van der Waals surface area (Å²) in [5.74, 6) is 0.518. The number of piperazine rings is 1. The van der Waals surface area contributed by atoms with Crippen LogP contribution >= 0.6 is 11.6 Å². The molecule has 1 N–H and O–H groups in total. The summed E-state index contributed by atoms with van der Waals surface area (Å²) in [6.07, 6.45) is 1.41. The summed E-state index contributed by atoms with van der Waals surface area (Å²) in [6.45, 7) is 5.18. The van der Waals surface area contributed by atoms with Gasteiger partial charge in [0.2, 0.25) is 0 Å². The van der Waals surface area contributed by atoms with Crippen molar-refractivity contribution in [1.29, 1.82) is 0 Å². The molecule has 0 saturated carbocycles. The number of halogens is 1. The standard InChI is InChI=1S/C17H20ClN5O/c1-12-3-4-13(18)9-14(12)21-16-10-15(19-11-20-16)17(24)23-7-5-22(2)6-8-23/h3-4,9-11H,5-8H2,1-2H3,(H,19,20,21). The van der Waals surface area contributed by atoms with Crippen LogP contribution in [0.15, 0.2) is 30.6 Å². The molecule has 0 aliphatic carbocycles.